The van der Waals surface area contributed by atoms with Gasteiger partial charge in [0.15, 0.2) is 6.61 Å². The van der Waals surface area contributed by atoms with E-state index in [-0.39, 0.29) is 18.6 Å². The number of halogens is 1. The minimum atomic E-state index is -0.127. The Morgan fingerprint density at radius 3 is 2.42 bits per heavy atom. The molecule has 1 saturated heterocycles. The number of amides is 1. The number of ether oxygens (including phenoxy) is 1. The number of nitrogens with one attached hydrogen (secondary N) is 1. The number of rotatable bonds is 7. The average Bonchev–Trinajstić information content (AvgIpc) is 3.20. The third-order valence-electron chi connectivity index (χ3n) is 4.16. The molecule has 0 spiro atoms. The molecule has 2 aromatic rings. The van der Waals surface area contributed by atoms with E-state index in [1.807, 2.05) is 66.8 Å². The summed E-state index contributed by atoms with van der Waals surface area (Å²) in [4.78, 5) is 12.2. The summed E-state index contributed by atoms with van der Waals surface area (Å²) in [6.07, 6.45) is 0.804. The average molecular weight is 408 g/mol. The molecule has 3 nitrogen and oxygen atoms in total. The van der Waals surface area contributed by atoms with E-state index >= 15 is 0 Å². The monoisotopic (exact) mass is 407 g/mol. The Bertz CT molecular complexity index is 716. The van der Waals surface area contributed by atoms with E-state index in [9.17, 15) is 4.79 Å². The predicted molar refractivity (Wildman–Crippen MR) is 112 cm³/mol. The van der Waals surface area contributed by atoms with Gasteiger partial charge in [-0.25, -0.2) is 0 Å². The lowest BCUT2D eigenvalue weighted by Gasteiger charge is -2.18. The van der Waals surface area contributed by atoms with Crippen molar-refractivity contribution in [3.8, 4) is 5.75 Å². The van der Waals surface area contributed by atoms with Crippen LogP contribution in [0.5, 0.6) is 5.75 Å². The van der Waals surface area contributed by atoms with Gasteiger partial charge < -0.3 is 10.1 Å². The minimum Gasteiger partial charge on any atom is -0.484 e. The highest BCUT2D eigenvalue weighted by Crippen LogP contribution is 2.45. The smallest absolute Gasteiger partial charge is 0.258 e. The van der Waals surface area contributed by atoms with Crippen LogP contribution in [-0.4, -0.2) is 24.0 Å². The summed E-state index contributed by atoms with van der Waals surface area (Å²) in [6, 6.07) is 15.6. The van der Waals surface area contributed by atoms with Gasteiger partial charge in [-0.15, -0.1) is 23.5 Å². The molecule has 3 rings (SSSR count). The van der Waals surface area contributed by atoms with Crippen LogP contribution in [0.3, 0.4) is 0 Å². The van der Waals surface area contributed by atoms with Crippen LogP contribution >= 0.6 is 35.1 Å². The van der Waals surface area contributed by atoms with Crippen molar-refractivity contribution in [2.75, 3.05) is 18.1 Å². The maximum Gasteiger partial charge on any atom is 0.258 e. The molecule has 138 valence electrons. The molecule has 0 bridgehead atoms. The minimum absolute atomic E-state index is 0.0103. The predicted octanol–water partition coefficient (Wildman–Crippen LogP) is 5.46. The van der Waals surface area contributed by atoms with Crippen molar-refractivity contribution < 1.29 is 9.53 Å². The number of thioether (sulfide) groups is 2. The molecule has 1 unspecified atom stereocenters. The molecule has 1 aliphatic heterocycles. The van der Waals surface area contributed by atoms with E-state index in [0.717, 1.165) is 17.7 Å². The van der Waals surface area contributed by atoms with Gasteiger partial charge in [-0.3, -0.25) is 4.79 Å². The zero-order valence-electron chi connectivity index (χ0n) is 14.6. The van der Waals surface area contributed by atoms with Gasteiger partial charge in [0.25, 0.3) is 5.91 Å². The fourth-order valence-electron chi connectivity index (χ4n) is 2.77. The highest BCUT2D eigenvalue weighted by molar-refractivity contribution is 8.19. The van der Waals surface area contributed by atoms with Crippen molar-refractivity contribution >= 4 is 41.0 Å². The molecule has 1 aliphatic rings. The zero-order valence-corrected chi connectivity index (χ0v) is 17.0. The maximum atomic E-state index is 12.2. The lowest BCUT2D eigenvalue weighted by Crippen LogP contribution is -2.32. The standard InChI is InChI=1S/C20H22ClNO2S2/c1-2-18(14-3-7-16(21)8-4-14)22-19(23)13-24-17-9-5-15(6-10-17)20-25-11-12-26-20/h3-10,18,20H,2,11-13H2,1H3,(H,22,23). The van der Waals surface area contributed by atoms with E-state index in [1.165, 1.54) is 17.1 Å². The van der Waals surface area contributed by atoms with E-state index in [0.29, 0.717) is 9.60 Å². The summed E-state index contributed by atoms with van der Waals surface area (Å²) in [5.41, 5.74) is 2.35. The van der Waals surface area contributed by atoms with E-state index < -0.39 is 0 Å². The number of benzene rings is 2. The molecule has 0 saturated carbocycles. The maximum absolute atomic E-state index is 12.2. The Kier molecular flexibility index (Phi) is 7.17. The fourth-order valence-corrected chi connectivity index (χ4v) is 5.76. The highest BCUT2D eigenvalue weighted by atomic mass is 35.5. The van der Waals surface area contributed by atoms with E-state index in [4.69, 9.17) is 16.3 Å². The van der Waals surface area contributed by atoms with Gasteiger partial charge in [-0.2, -0.15) is 0 Å². The Balaban J connectivity index is 1.50. The van der Waals surface area contributed by atoms with Crippen molar-refractivity contribution in [3.63, 3.8) is 0 Å². The molecule has 1 heterocycles. The van der Waals surface area contributed by atoms with Crippen LogP contribution < -0.4 is 10.1 Å². The SMILES string of the molecule is CCC(NC(=O)COc1ccc(C2SCCS2)cc1)c1ccc(Cl)cc1. The Labute approximate surface area is 168 Å². The Morgan fingerprint density at radius 1 is 1.15 bits per heavy atom. The largest absolute Gasteiger partial charge is 0.484 e. The zero-order chi connectivity index (χ0) is 18.4. The number of hydrogen-bond acceptors (Lipinski definition) is 4. The molecular weight excluding hydrogens is 386 g/mol. The van der Waals surface area contributed by atoms with Crippen molar-refractivity contribution in [2.24, 2.45) is 0 Å². The van der Waals surface area contributed by atoms with Crippen LogP contribution in [0.15, 0.2) is 48.5 Å². The summed E-state index contributed by atoms with van der Waals surface area (Å²) >= 11 is 9.88. The van der Waals surface area contributed by atoms with Crippen LogP contribution in [0.4, 0.5) is 0 Å². The van der Waals surface area contributed by atoms with Crippen molar-refractivity contribution in [3.05, 3.63) is 64.7 Å². The second-order valence-electron chi connectivity index (χ2n) is 6.01. The molecule has 26 heavy (non-hydrogen) atoms. The fraction of sp³-hybridized carbons (Fsp3) is 0.350. The van der Waals surface area contributed by atoms with Crippen molar-refractivity contribution in [2.45, 2.75) is 24.0 Å². The van der Waals surface area contributed by atoms with Crippen LogP contribution in [-0.2, 0) is 4.79 Å². The third-order valence-corrected chi connectivity index (χ3v) is 7.52. The summed E-state index contributed by atoms with van der Waals surface area (Å²) in [7, 11) is 0. The lowest BCUT2D eigenvalue weighted by molar-refractivity contribution is -0.123. The first-order valence-corrected chi connectivity index (χ1v) is 11.1. The molecule has 0 aromatic heterocycles. The van der Waals surface area contributed by atoms with Gasteiger partial charge >= 0.3 is 0 Å². The number of carbonyl (C=O) groups is 1. The normalized spacial score (nSPS) is 15.6. The Morgan fingerprint density at radius 2 is 1.81 bits per heavy atom. The van der Waals surface area contributed by atoms with Gasteiger partial charge in [0, 0.05) is 16.5 Å². The van der Waals surface area contributed by atoms with E-state index in [2.05, 4.69) is 17.4 Å². The molecule has 0 radical (unpaired) electrons. The molecule has 1 fully saturated rings. The van der Waals surface area contributed by atoms with Gasteiger partial charge in [-0.1, -0.05) is 42.8 Å². The summed E-state index contributed by atoms with van der Waals surface area (Å²) in [6.45, 7) is 2.05. The number of carbonyl (C=O) groups excluding carboxylic acids is 1. The second-order valence-corrected chi connectivity index (χ2v) is 9.17. The molecule has 2 aromatic carbocycles. The molecule has 1 atom stereocenters. The lowest BCUT2D eigenvalue weighted by atomic mass is 10.0. The van der Waals surface area contributed by atoms with Crippen LogP contribution in [0.2, 0.25) is 5.02 Å². The first-order valence-electron chi connectivity index (χ1n) is 8.66. The summed E-state index contributed by atoms with van der Waals surface area (Å²) < 4.78 is 6.16. The first kappa shape index (κ1) is 19.5. The van der Waals surface area contributed by atoms with Gasteiger partial charge in [0.05, 0.1) is 10.6 Å². The van der Waals surface area contributed by atoms with Gasteiger partial charge in [-0.05, 0) is 41.8 Å². The molecular formula is C20H22ClNO2S2. The summed E-state index contributed by atoms with van der Waals surface area (Å²) in [5.74, 6) is 3.01. The van der Waals surface area contributed by atoms with Crippen LogP contribution in [0.25, 0.3) is 0 Å². The topological polar surface area (TPSA) is 38.3 Å². The number of hydrogen-bond donors (Lipinski definition) is 1. The highest BCUT2D eigenvalue weighted by Gasteiger charge is 2.18. The molecule has 6 heteroatoms. The second kappa shape index (κ2) is 9.58. The van der Waals surface area contributed by atoms with Crippen LogP contribution in [0, 0.1) is 0 Å². The van der Waals surface area contributed by atoms with E-state index in [1.54, 1.807) is 0 Å². The molecule has 0 aliphatic carbocycles. The van der Waals surface area contributed by atoms with Gasteiger partial charge in [0.1, 0.15) is 5.75 Å². The third kappa shape index (κ3) is 5.35. The van der Waals surface area contributed by atoms with Crippen molar-refractivity contribution in [1.82, 2.24) is 5.32 Å². The van der Waals surface area contributed by atoms with Crippen LogP contribution in [0.1, 0.15) is 35.1 Å². The quantitative estimate of drug-likeness (QED) is 0.660. The summed E-state index contributed by atoms with van der Waals surface area (Å²) in [5, 5.41) is 3.71. The first-order chi connectivity index (χ1) is 12.7. The van der Waals surface area contributed by atoms with Gasteiger partial charge in [0.2, 0.25) is 0 Å². The van der Waals surface area contributed by atoms with Crippen molar-refractivity contribution in [1.29, 1.82) is 0 Å². The molecule has 1 N–H and O–H groups in total. The Hall–Kier alpha value is -1.30. The molecule has 1 amide bonds.